The van der Waals surface area contributed by atoms with Crippen LogP contribution in [0.2, 0.25) is 0 Å². The first-order chi connectivity index (χ1) is 6.86. The number of fused-ring (bicyclic) bond motifs is 1. The average molecular weight is 208 g/mol. The van der Waals surface area contributed by atoms with Crippen LogP contribution in [0.1, 0.15) is 11.6 Å². The van der Waals surface area contributed by atoms with Gasteiger partial charge in [0.1, 0.15) is 17.9 Å². The highest BCUT2D eigenvalue weighted by atomic mass is 35.5. The molecule has 1 unspecified atom stereocenters. The number of hydrogen-bond acceptors (Lipinski definition) is 4. The molecule has 0 saturated carbocycles. The van der Waals surface area contributed by atoms with Crippen molar-refractivity contribution in [1.82, 2.24) is 19.6 Å². The van der Waals surface area contributed by atoms with E-state index in [1.54, 1.807) is 23.1 Å². The third kappa shape index (κ3) is 1.30. The normalized spacial score (nSPS) is 12.6. The summed E-state index contributed by atoms with van der Waals surface area (Å²) < 4.78 is 1.71. The van der Waals surface area contributed by atoms with Gasteiger partial charge in [-0.25, -0.2) is 0 Å². The Hall–Kier alpha value is -1.67. The topological polar surface area (TPSA) is 66.9 Å². The fourth-order valence-electron chi connectivity index (χ4n) is 1.19. The van der Waals surface area contributed by atoms with Gasteiger partial charge in [-0.15, -0.1) is 21.8 Å². The van der Waals surface area contributed by atoms with Crippen molar-refractivity contribution in [3.8, 4) is 6.07 Å². The molecule has 0 spiro atoms. The molecule has 0 aliphatic carbocycles. The summed E-state index contributed by atoms with van der Waals surface area (Å²) in [4.78, 5) is 4.09. The predicted molar refractivity (Wildman–Crippen MR) is 49.9 cm³/mol. The van der Waals surface area contributed by atoms with E-state index in [2.05, 4.69) is 21.3 Å². The molecule has 70 valence electrons. The zero-order valence-corrected chi connectivity index (χ0v) is 7.89. The van der Waals surface area contributed by atoms with E-state index in [1.807, 2.05) is 0 Å². The van der Waals surface area contributed by atoms with Crippen molar-refractivity contribution in [2.75, 3.05) is 5.88 Å². The third-order valence-corrected chi connectivity index (χ3v) is 2.19. The van der Waals surface area contributed by atoms with Crippen molar-refractivity contribution in [3.05, 3.63) is 24.4 Å². The predicted octanol–water partition coefficient (Wildman–Crippen LogP) is 0.970. The number of aromatic nitrogens is 4. The lowest BCUT2D eigenvalue weighted by Crippen LogP contribution is -2.03. The quantitative estimate of drug-likeness (QED) is 0.689. The lowest BCUT2D eigenvalue weighted by atomic mass is 10.1. The fourth-order valence-corrected chi connectivity index (χ4v) is 1.41. The minimum Gasteiger partial charge on any atom is -0.286 e. The van der Waals surface area contributed by atoms with Crippen LogP contribution in [0.5, 0.6) is 0 Å². The van der Waals surface area contributed by atoms with E-state index in [9.17, 15) is 0 Å². The highest BCUT2D eigenvalue weighted by Crippen LogP contribution is 2.17. The van der Waals surface area contributed by atoms with Crippen LogP contribution >= 0.6 is 11.6 Å². The summed E-state index contributed by atoms with van der Waals surface area (Å²) in [7, 11) is 0. The molecule has 0 amide bonds. The Labute approximate surface area is 85.0 Å². The van der Waals surface area contributed by atoms with E-state index in [4.69, 9.17) is 16.9 Å². The van der Waals surface area contributed by atoms with E-state index < -0.39 is 5.92 Å². The molecule has 1 atom stereocenters. The van der Waals surface area contributed by atoms with Crippen LogP contribution in [-0.4, -0.2) is 25.5 Å². The first-order valence-electron chi connectivity index (χ1n) is 3.96. The summed E-state index contributed by atoms with van der Waals surface area (Å²) in [6, 6.07) is 2.07. The van der Waals surface area contributed by atoms with Crippen LogP contribution in [0.4, 0.5) is 0 Å². The molecule has 0 radical (unpaired) electrons. The Kier molecular flexibility index (Phi) is 2.29. The molecule has 0 aliphatic heterocycles. The summed E-state index contributed by atoms with van der Waals surface area (Å²) in [5.41, 5.74) is 1.15. The van der Waals surface area contributed by atoms with Gasteiger partial charge in [-0.2, -0.15) is 5.26 Å². The molecule has 2 rings (SSSR count). The van der Waals surface area contributed by atoms with E-state index >= 15 is 0 Å². The minimum absolute atomic E-state index is 0.204. The number of hydrogen-bond donors (Lipinski definition) is 0. The van der Waals surface area contributed by atoms with Crippen molar-refractivity contribution in [1.29, 1.82) is 5.26 Å². The molecule has 0 N–H and O–H groups in total. The molecule has 6 heteroatoms. The molecular formula is C8H6ClN5. The number of halogens is 1. The molecule has 14 heavy (non-hydrogen) atoms. The summed E-state index contributed by atoms with van der Waals surface area (Å²) in [5.74, 6) is -0.236. The van der Waals surface area contributed by atoms with Gasteiger partial charge in [0.25, 0.3) is 0 Å². The molecule has 0 aromatic carbocycles. The lowest BCUT2D eigenvalue weighted by molar-refractivity contribution is 0.910. The first kappa shape index (κ1) is 8.91. The highest BCUT2D eigenvalue weighted by molar-refractivity contribution is 6.18. The molecule has 2 aromatic heterocycles. The number of nitrogens with zero attached hydrogens (tertiary/aromatic N) is 5. The van der Waals surface area contributed by atoms with E-state index in [1.165, 1.54) is 0 Å². The minimum atomic E-state index is -0.440. The number of nitriles is 1. The molecule has 0 fully saturated rings. The van der Waals surface area contributed by atoms with Crippen LogP contribution in [0.15, 0.2) is 18.7 Å². The van der Waals surface area contributed by atoms with Gasteiger partial charge in [0, 0.05) is 18.3 Å². The first-order valence-corrected chi connectivity index (χ1v) is 4.50. The highest BCUT2D eigenvalue weighted by Gasteiger charge is 2.15. The van der Waals surface area contributed by atoms with Gasteiger partial charge in [-0.05, 0) is 0 Å². The smallest absolute Gasteiger partial charge is 0.183 e. The monoisotopic (exact) mass is 207 g/mol. The van der Waals surface area contributed by atoms with Crippen molar-refractivity contribution in [2.45, 2.75) is 5.92 Å². The van der Waals surface area contributed by atoms with Crippen LogP contribution in [0.3, 0.4) is 0 Å². The molecule has 5 nitrogen and oxygen atoms in total. The molecular weight excluding hydrogens is 202 g/mol. The van der Waals surface area contributed by atoms with Crippen molar-refractivity contribution >= 4 is 17.2 Å². The van der Waals surface area contributed by atoms with Crippen LogP contribution in [0.25, 0.3) is 5.65 Å². The summed E-state index contributed by atoms with van der Waals surface area (Å²) in [6.07, 6.45) is 4.88. The number of rotatable bonds is 2. The Balaban J connectivity index is 2.62. The second-order valence-corrected chi connectivity index (χ2v) is 3.02. The molecule has 0 aliphatic rings. The Morgan fingerprint density at radius 1 is 1.64 bits per heavy atom. The molecule has 2 aromatic rings. The second-order valence-electron chi connectivity index (χ2n) is 2.71. The van der Waals surface area contributed by atoms with Crippen LogP contribution < -0.4 is 0 Å². The van der Waals surface area contributed by atoms with Crippen LogP contribution in [-0.2, 0) is 0 Å². The SMILES string of the molecule is N#CC(CCl)c1nccn2cnnc12. The van der Waals surface area contributed by atoms with Gasteiger partial charge < -0.3 is 0 Å². The molecule has 2 heterocycles. The van der Waals surface area contributed by atoms with Gasteiger partial charge in [0.05, 0.1) is 6.07 Å². The van der Waals surface area contributed by atoms with Crippen molar-refractivity contribution < 1.29 is 0 Å². The van der Waals surface area contributed by atoms with Gasteiger partial charge >= 0.3 is 0 Å². The summed E-state index contributed by atoms with van der Waals surface area (Å²) in [6.45, 7) is 0. The van der Waals surface area contributed by atoms with Gasteiger partial charge in [0.15, 0.2) is 5.65 Å². The zero-order valence-electron chi connectivity index (χ0n) is 7.13. The van der Waals surface area contributed by atoms with Gasteiger partial charge in [0.2, 0.25) is 0 Å². The maximum atomic E-state index is 8.84. The van der Waals surface area contributed by atoms with Gasteiger partial charge in [-0.3, -0.25) is 9.38 Å². The van der Waals surface area contributed by atoms with Crippen molar-refractivity contribution in [3.63, 3.8) is 0 Å². The number of alkyl halides is 1. The largest absolute Gasteiger partial charge is 0.286 e. The Morgan fingerprint density at radius 2 is 2.50 bits per heavy atom. The third-order valence-electron chi connectivity index (χ3n) is 1.88. The zero-order chi connectivity index (χ0) is 9.97. The van der Waals surface area contributed by atoms with Gasteiger partial charge in [-0.1, -0.05) is 0 Å². The summed E-state index contributed by atoms with van der Waals surface area (Å²) >= 11 is 5.65. The standard InChI is InChI=1S/C8H6ClN5/c9-3-6(4-10)7-8-13-12-5-14(8)2-1-11-7/h1-2,5-6H,3H2. The Morgan fingerprint density at radius 3 is 3.21 bits per heavy atom. The maximum absolute atomic E-state index is 8.84. The van der Waals surface area contributed by atoms with E-state index in [-0.39, 0.29) is 5.88 Å². The van der Waals surface area contributed by atoms with Crippen molar-refractivity contribution in [2.24, 2.45) is 0 Å². The average Bonchev–Trinajstić information content (AvgIpc) is 2.68. The van der Waals surface area contributed by atoms with E-state index in [0.717, 1.165) is 0 Å². The molecule has 0 bridgehead atoms. The fraction of sp³-hybridized carbons (Fsp3) is 0.250. The van der Waals surface area contributed by atoms with Crippen LogP contribution in [0, 0.1) is 11.3 Å². The maximum Gasteiger partial charge on any atom is 0.183 e. The second kappa shape index (κ2) is 3.60. The molecule has 0 saturated heterocycles. The lowest BCUT2D eigenvalue weighted by Gasteiger charge is -2.03. The summed E-state index contributed by atoms with van der Waals surface area (Å²) in [5, 5.41) is 16.5. The van der Waals surface area contributed by atoms with E-state index in [0.29, 0.717) is 11.3 Å². The Bertz CT molecular complexity index is 486.